The quantitative estimate of drug-likeness (QED) is 0.448. The van der Waals surface area contributed by atoms with Gasteiger partial charge in [0.05, 0.1) is 0 Å². The van der Waals surface area contributed by atoms with E-state index in [0.717, 1.165) is 16.6 Å². The largest absolute Gasteiger partial charge is 0.113 e. The summed E-state index contributed by atoms with van der Waals surface area (Å²) in [5.41, 5.74) is 2.53. The molecule has 0 aromatic heterocycles. The lowest BCUT2D eigenvalue weighted by Gasteiger charge is -2.03. The molecule has 0 nitrogen and oxygen atoms in total. The molecule has 0 atom stereocenters. The minimum absolute atomic E-state index is 0.741. The van der Waals surface area contributed by atoms with Crippen molar-refractivity contribution in [3.8, 4) is 0 Å². The summed E-state index contributed by atoms with van der Waals surface area (Å²) in [7, 11) is 5.65. The molecule has 0 aliphatic carbocycles. The summed E-state index contributed by atoms with van der Waals surface area (Å²) in [5.74, 6) is 0. The number of hydrogen-bond donors (Lipinski definition) is 0. The second kappa shape index (κ2) is 6.30. The SMILES string of the molecule is [B]/C(C)=C(/C=C)C(=C)/C=C\C=C/C. The number of allylic oxidation sites excluding steroid dienone is 8. The van der Waals surface area contributed by atoms with E-state index in [-0.39, 0.29) is 0 Å². The standard InChI is InChI=1S/C12H15B/c1-5-7-8-9-10(3)12(6-2)11(4)13/h5-9H,2-3H2,1,4H3/b7-5-,9-8-,12-11-. The Bertz CT molecular complexity index is 273. The molecule has 0 spiro atoms. The van der Waals surface area contributed by atoms with Gasteiger partial charge >= 0.3 is 0 Å². The Labute approximate surface area is 82.5 Å². The van der Waals surface area contributed by atoms with Crippen LogP contribution < -0.4 is 0 Å². The average molecular weight is 170 g/mol. The molecule has 0 amide bonds. The van der Waals surface area contributed by atoms with E-state index in [2.05, 4.69) is 13.2 Å². The highest BCUT2D eigenvalue weighted by Gasteiger charge is 1.94. The first kappa shape index (κ1) is 11.8. The molecule has 0 saturated carbocycles. The van der Waals surface area contributed by atoms with E-state index in [4.69, 9.17) is 7.85 Å². The van der Waals surface area contributed by atoms with Crippen molar-refractivity contribution in [1.82, 2.24) is 0 Å². The first-order valence-electron chi connectivity index (χ1n) is 4.21. The molecule has 0 aliphatic rings. The highest BCUT2D eigenvalue weighted by molar-refractivity contribution is 6.22. The minimum Gasteiger partial charge on any atom is -0.113 e. The Morgan fingerprint density at radius 2 is 1.92 bits per heavy atom. The van der Waals surface area contributed by atoms with Gasteiger partial charge in [0.15, 0.2) is 0 Å². The molecule has 0 saturated heterocycles. The van der Waals surface area contributed by atoms with Crippen LogP contribution in [-0.4, -0.2) is 7.85 Å². The van der Waals surface area contributed by atoms with E-state index < -0.39 is 0 Å². The summed E-state index contributed by atoms with van der Waals surface area (Å²) in [6, 6.07) is 0. The van der Waals surface area contributed by atoms with Crippen LogP contribution in [0.5, 0.6) is 0 Å². The van der Waals surface area contributed by atoms with Gasteiger partial charge in [-0.15, -0.1) is 5.47 Å². The lowest BCUT2D eigenvalue weighted by Crippen LogP contribution is -1.86. The molecule has 66 valence electrons. The topological polar surface area (TPSA) is 0 Å². The molecule has 13 heavy (non-hydrogen) atoms. The predicted octanol–water partition coefficient (Wildman–Crippen LogP) is 3.30. The molecular weight excluding hydrogens is 155 g/mol. The maximum atomic E-state index is 5.65. The van der Waals surface area contributed by atoms with Crippen LogP contribution in [0.15, 0.2) is 60.2 Å². The van der Waals surface area contributed by atoms with E-state index in [1.807, 2.05) is 38.2 Å². The number of rotatable bonds is 4. The van der Waals surface area contributed by atoms with E-state index in [0.29, 0.717) is 0 Å². The van der Waals surface area contributed by atoms with Crippen LogP contribution in [0, 0.1) is 0 Å². The maximum Gasteiger partial charge on any atom is 0.108 e. The molecule has 0 aromatic carbocycles. The monoisotopic (exact) mass is 170 g/mol. The van der Waals surface area contributed by atoms with Gasteiger partial charge in [0.25, 0.3) is 0 Å². The van der Waals surface area contributed by atoms with Gasteiger partial charge in [-0.1, -0.05) is 50.5 Å². The van der Waals surface area contributed by atoms with Gasteiger partial charge in [-0.05, 0) is 18.1 Å². The molecule has 0 bridgehead atoms. The summed E-state index contributed by atoms with van der Waals surface area (Å²) in [6.45, 7) is 11.4. The summed E-state index contributed by atoms with van der Waals surface area (Å²) in [4.78, 5) is 0. The highest BCUT2D eigenvalue weighted by Crippen LogP contribution is 2.13. The fourth-order valence-electron chi connectivity index (χ4n) is 0.918. The molecule has 1 heteroatoms. The third kappa shape index (κ3) is 4.36. The third-order valence-corrected chi connectivity index (χ3v) is 1.58. The van der Waals surface area contributed by atoms with Gasteiger partial charge < -0.3 is 0 Å². The zero-order valence-corrected chi connectivity index (χ0v) is 8.38. The van der Waals surface area contributed by atoms with Crippen LogP contribution in [-0.2, 0) is 0 Å². The third-order valence-electron chi connectivity index (χ3n) is 1.58. The van der Waals surface area contributed by atoms with Crippen LogP contribution in [0.4, 0.5) is 0 Å². The summed E-state index contributed by atoms with van der Waals surface area (Å²) in [5, 5.41) is 0. The Hall–Kier alpha value is -1.24. The average Bonchev–Trinajstić information content (AvgIpc) is 2.05. The van der Waals surface area contributed by atoms with Crippen LogP contribution in [0.2, 0.25) is 0 Å². The van der Waals surface area contributed by atoms with Crippen molar-refractivity contribution in [1.29, 1.82) is 0 Å². The van der Waals surface area contributed by atoms with Crippen LogP contribution in [0.3, 0.4) is 0 Å². The van der Waals surface area contributed by atoms with E-state index >= 15 is 0 Å². The Morgan fingerprint density at radius 1 is 1.31 bits per heavy atom. The Balaban J connectivity index is 4.60. The van der Waals surface area contributed by atoms with Crippen LogP contribution >= 0.6 is 0 Å². The minimum atomic E-state index is 0.741. The van der Waals surface area contributed by atoms with E-state index in [1.165, 1.54) is 0 Å². The van der Waals surface area contributed by atoms with E-state index in [1.54, 1.807) is 6.08 Å². The summed E-state index contributed by atoms with van der Waals surface area (Å²) >= 11 is 0. The summed E-state index contributed by atoms with van der Waals surface area (Å²) < 4.78 is 0. The Kier molecular flexibility index (Phi) is 5.70. The van der Waals surface area contributed by atoms with Gasteiger partial charge in [0.2, 0.25) is 0 Å². The zero-order chi connectivity index (χ0) is 10.3. The fraction of sp³-hybridized carbons (Fsp3) is 0.167. The zero-order valence-electron chi connectivity index (χ0n) is 8.38. The first-order chi connectivity index (χ1) is 6.13. The van der Waals surface area contributed by atoms with Crippen molar-refractivity contribution in [2.45, 2.75) is 13.8 Å². The number of hydrogen-bond acceptors (Lipinski definition) is 0. The molecule has 2 radical (unpaired) electrons. The van der Waals surface area contributed by atoms with Gasteiger partial charge in [-0.3, -0.25) is 0 Å². The molecule has 0 fully saturated rings. The lowest BCUT2D eigenvalue weighted by atomic mass is 9.88. The molecule has 0 heterocycles. The lowest BCUT2D eigenvalue weighted by molar-refractivity contribution is 1.49. The molecule has 0 aliphatic heterocycles. The smallest absolute Gasteiger partial charge is 0.108 e. The van der Waals surface area contributed by atoms with Gasteiger partial charge in [0, 0.05) is 0 Å². The normalized spacial score (nSPS) is 13.4. The van der Waals surface area contributed by atoms with Crippen molar-refractivity contribution < 1.29 is 0 Å². The first-order valence-corrected chi connectivity index (χ1v) is 4.21. The molecule has 0 aromatic rings. The van der Waals surface area contributed by atoms with Crippen molar-refractivity contribution in [3.63, 3.8) is 0 Å². The van der Waals surface area contributed by atoms with Crippen LogP contribution in [0.1, 0.15) is 13.8 Å². The van der Waals surface area contributed by atoms with Crippen molar-refractivity contribution in [2.75, 3.05) is 0 Å². The van der Waals surface area contributed by atoms with Gasteiger partial charge in [-0.25, -0.2) is 0 Å². The second-order valence-corrected chi connectivity index (χ2v) is 2.71. The van der Waals surface area contributed by atoms with E-state index in [9.17, 15) is 0 Å². The van der Waals surface area contributed by atoms with Gasteiger partial charge in [0.1, 0.15) is 7.85 Å². The maximum absolute atomic E-state index is 5.65. The molecule has 0 rings (SSSR count). The highest BCUT2D eigenvalue weighted by atomic mass is 14.0. The summed E-state index contributed by atoms with van der Waals surface area (Å²) in [6.07, 6.45) is 9.45. The molecular formula is C12H15B. The van der Waals surface area contributed by atoms with Crippen molar-refractivity contribution in [3.05, 3.63) is 60.2 Å². The predicted molar refractivity (Wildman–Crippen MR) is 61.7 cm³/mol. The Morgan fingerprint density at radius 3 is 2.31 bits per heavy atom. The molecule has 0 unspecified atom stereocenters. The van der Waals surface area contributed by atoms with Crippen LogP contribution in [0.25, 0.3) is 0 Å². The van der Waals surface area contributed by atoms with Crippen molar-refractivity contribution in [2.24, 2.45) is 0 Å². The van der Waals surface area contributed by atoms with Gasteiger partial charge in [-0.2, -0.15) is 0 Å². The second-order valence-electron chi connectivity index (χ2n) is 2.71. The van der Waals surface area contributed by atoms with Crippen molar-refractivity contribution >= 4 is 7.85 Å². The molecule has 0 N–H and O–H groups in total. The fourth-order valence-corrected chi connectivity index (χ4v) is 0.918.